The van der Waals surface area contributed by atoms with Crippen molar-refractivity contribution in [3.63, 3.8) is 0 Å². The van der Waals surface area contributed by atoms with Crippen LogP contribution < -0.4 is 4.90 Å². The molecule has 0 N–H and O–H groups in total. The number of hydrogen-bond donors (Lipinski definition) is 0. The number of anilines is 1. The topological polar surface area (TPSA) is 42.3 Å². The summed E-state index contributed by atoms with van der Waals surface area (Å²) in [5, 5.41) is 2.34. The maximum atomic E-state index is 13.1. The van der Waals surface area contributed by atoms with Crippen molar-refractivity contribution in [2.24, 2.45) is 0 Å². The minimum Gasteiger partial charge on any atom is -0.342 e. The van der Waals surface area contributed by atoms with E-state index in [1.54, 1.807) is 36.4 Å². The molecular formula is C25H15Cl3N2O2S. The first kappa shape index (κ1) is 22.1. The predicted octanol–water partition coefficient (Wildman–Crippen LogP) is 7.89. The average Bonchev–Trinajstić information content (AvgIpc) is 3.28. The highest BCUT2D eigenvalue weighted by atomic mass is 35.5. The lowest BCUT2D eigenvalue weighted by Crippen LogP contribution is -2.27. The number of fused-ring (bicyclic) bond motifs is 1. The zero-order valence-electron chi connectivity index (χ0n) is 17.0. The Hall–Kier alpha value is -2.70. The Morgan fingerprint density at radius 2 is 1.61 bits per heavy atom. The SMILES string of the molecule is O=C1S/C(=C/c2cn(Cc3ccc(Cl)cc3Cl)c3ccccc23)C(=O)N1c1ccc(Cl)cc1. The molecule has 33 heavy (non-hydrogen) atoms. The van der Waals surface area contributed by atoms with Crippen molar-refractivity contribution < 1.29 is 9.59 Å². The molecule has 4 aromatic rings. The van der Waals surface area contributed by atoms with Gasteiger partial charge in [0.15, 0.2) is 0 Å². The molecule has 5 rings (SSSR count). The highest BCUT2D eigenvalue weighted by Crippen LogP contribution is 2.37. The van der Waals surface area contributed by atoms with Crippen molar-refractivity contribution in [2.75, 3.05) is 4.90 Å². The molecule has 0 aliphatic carbocycles. The predicted molar refractivity (Wildman–Crippen MR) is 137 cm³/mol. The summed E-state index contributed by atoms with van der Waals surface area (Å²) >= 11 is 19.3. The zero-order valence-corrected chi connectivity index (χ0v) is 20.1. The van der Waals surface area contributed by atoms with Gasteiger partial charge >= 0.3 is 0 Å². The fraction of sp³-hybridized carbons (Fsp3) is 0.0400. The lowest BCUT2D eigenvalue weighted by molar-refractivity contribution is -0.113. The molecule has 2 heterocycles. The molecule has 1 aromatic heterocycles. The second-order valence-corrected chi connectivity index (χ2v) is 9.73. The first-order valence-corrected chi connectivity index (χ1v) is 11.9. The highest BCUT2D eigenvalue weighted by Gasteiger charge is 2.36. The smallest absolute Gasteiger partial charge is 0.298 e. The van der Waals surface area contributed by atoms with Gasteiger partial charge in [0.05, 0.1) is 10.6 Å². The van der Waals surface area contributed by atoms with Crippen LogP contribution in [0.5, 0.6) is 0 Å². The van der Waals surface area contributed by atoms with Gasteiger partial charge in [0.2, 0.25) is 0 Å². The van der Waals surface area contributed by atoms with Gasteiger partial charge in [-0.05, 0) is 65.9 Å². The van der Waals surface area contributed by atoms with E-state index >= 15 is 0 Å². The van der Waals surface area contributed by atoms with Crippen molar-refractivity contribution in [3.05, 3.63) is 104 Å². The van der Waals surface area contributed by atoms with E-state index in [0.29, 0.717) is 32.2 Å². The first-order chi connectivity index (χ1) is 15.9. The second kappa shape index (κ2) is 8.92. The largest absolute Gasteiger partial charge is 0.342 e. The minimum absolute atomic E-state index is 0.342. The lowest BCUT2D eigenvalue weighted by atomic mass is 10.1. The van der Waals surface area contributed by atoms with Crippen LogP contribution in [-0.4, -0.2) is 15.7 Å². The summed E-state index contributed by atoms with van der Waals surface area (Å²) in [6, 6.07) is 19.9. The zero-order chi connectivity index (χ0) is 23.1. The van der Waals surface area contributed by atoms with Crippen molar-refractivity contribution >= 4 is 80.4 Å². The van der Waals surface area contributed by atoms with Crippen LogP contribution in [0.4, 0.5) is 10.5 Å². The fourth-order valence-corrected chi connectivity index (χ4v) is 5.20. The molecule has 0 saturated carbocycles. The van der Waals surface area contributed by atoms with Gasteiger partial charge in [-0.1, -0.05) is 59.1 Å². The third-order valence-corrected chi connectivity index (χ3v) is 7.05. The minimum atomic E-state index is -0.357. The molecule has 1 aliphatic heterocycles. The van der Waals surface area contributed by atoms with Crippen LogP contribution in [0.2, 0.25) is 15.1 Å². The number of carbonyl (C=O) groups is 2. The van der Waals surface area contributed by atoms with Gasteiger partial charge < -0.3 is 4.57 Å². The average molecular weight is 514 g/mol. The summed E-state index contributed by atoms with van der Waals surface area (Å²) in [5.74, 6) is -0.357. The van der Waals surface area contributed by atoms with E-state index in [9.17, 15) is 9.59 Å². The molecule has 4 nitrogen and oxygen atoms in total. The number of para-hydroxylation sites is 1. The van der Waals surface area contributed by atoms with Gasteiger partial charge in [0.1, 0.15) is 0 Å². The molecular weight excluding hydrogens is 499 g/mol. The summed E-state index contributed by atoms with van der Waals surface area (Å²) in [6.45, 7) is 0.538. The molecule has 0 bridgehead atoms. The summed E-state index contributed by atoms with van der Waals surface area (Å²) in [6.07, 6.45) is 3.73. The van der Waals surface area contributed by atoms with Gasteiger partial charge in [-0.15, -0.1) is 0 Å². The molecule has 2 amide bonds. The van der Waals surface area contributed by atoms with Gasteiger partial charge in [-0.25, -0.2) is 4.90 Å². The second-order valence-electron chi connectivity index (χ2n) is 7.46. The summed E-state index contributed by atoms with van der Waals surface area (Å²) in [7, 11) is 0. The van der Waals surface area contributed by atoms with Crippen molar-refractivity contribution in [3.8, 4) is 0 Å². The van der Waals surface area contributed by atoms with Crippen molar-refractivity contribution in [1.82, 2.24) is 4.57 Å². The molecule has 1 saturated heterocycles. The fourth-order valence-electron chi connectivity index (χ4n) is 3.78. The maximum Gasteiger partial charge on any atom is 0.298 e. The van der Waals surface area contributed by atoms with Crippen molar-refractivity contribution in [1.29, 1.82) is 0 Å². The van der Waals surface area contributed by atoms with Crippen molar-refractivity contribution in [2.45, 2.75) is 6.54 Å². The number of rotatable bonds is 4. The lowest BCUT2D eigenvalue weighted by Gasteiger charge is -2.12. The number of amides is 2. The van der Waals surface area contributed by atoms with Gasteiger partial charge in [-0.2, -0.15) is 0 Å². The number of benzene rings is 3. The molecule has 0 spiro atoms. The third-order valence-electron chi connectivity index (χ3n) is 5.34. The van der Waals surface area contributed by atoms with Crippen LogP contribution in [0, 0.1) is 0 Å². The molecule has 0 atom stereocenters. The monoisotopic (exact) mass is 512 g/mol. The van der Waals surface area contributed by atoms with E-state index < -0.39 is 0 Å². The Kier molecular flexibility index (Phi) is 5.97. The van der Waals surface area contributed by atoms with E-state index in [-0.39, 0.29) is 11.1 Å². The quantitative estimate of drug-likeness (QED) is 0.261. The number of carbonyl (C=O) groups excluding carboxylic acids is 2. The highest BCUT2D eigenvalue weighted by molar-refractivity contribution is 8.19. The Balaban J connectivity index is 1.52. The molecule has 1 fully saturated rings. The van der Waals surface area contributed by atoms with Gasteiger partial charge in [0.25, 0.3) is 11.1 Å². The van der Waals surface area contributed by atoms with Crippen LogP contribution >= 0.6 is 46.6 Å². The number of imide groups is 1. The van der Waals surface area contributed by atoms with Crippen LogP contribution in [0.1, 0.15) is 11.1 Å². The number of nitrogens with zero attached hydrogens (tertiary/aromatic N) is 2. The summed E-state index contributed by atoms with van der Waals surface area (Å²) in [4.78, 5) is 27.2. The van der Waals surface area contributed by atoms with Crippen LogP contribution in [-0.2, 0) is 11.3 Å². The third kappa shape index (κ3) is 4.30. The summed E-state index contributed by atoms with van der Waals surface area (Å²) < 4.78 is 2.07. The molecule has 1 aliphatic rings. The van der Waals surface area contributed by atoms with E-state index in [4.69, 9.17) is 34.8 Å². The Bertz CT molecular complexity index is 1440. The number of halogens is 3. The van der Waals surface area contributed by atoms with E-state index in [1.807, 2.05) is 42.6 Å². The number of aromatic nitrogens is 1. The van der Waals surface area contributed by atoms with E-state index in [2.05, 4.69) is 4.57 Å². The Morgan fingerprint density at radius 1 is 0.879 bits per heavy atom. The summed E-state index contributed by atoms with van der Waals surface area (Å²) in [5.41, 5.74) is 3.26. The number of hydrogen-bond acceptors (Lipinski definition) is 3. The standard InChI is InChI=1S/C25H15Cl3N2O2S/c26-17-7-9-19(10-8-17)30-24(31)23(33-25(30)32)11-16-14-29(22-4-2-1-3-20(16)22)13-15-5-6-18(27)12-21(15)28/h1-12,14H,13H2/b23-11+. The Morgan fingerprint density at radius 3 is 2.36 bits per heavy atom. The maximum absolute atomic E-state index is 13.1. The van der Waals surface area contributed by atoms with Crippen LogP contribution in [0.3, 0.4) is 0 Å². The Labute approximate surface area is 209 Å². The molecule has 164 valence electrons. The van der Waals surface area contributed by atoms with Gasteiger partial charge in [0, 0.05) is 44.3 Å². The van der Waals surface area contributed by atoms with E-state index in [1.165, 1.54) is 4.90 Å². The van der Waals surface area contributed by atoms with Crippen LogP contribution in [0.25, 0.3) is 17.0 Å². The molecule has 0 radical (unpaired) electrons. The van der Waals surface area contributed by atoms with E-state index in [0.717, 1.165) is 33.8 Å². The molecule has 8 heteroatoms. The van der Waals surface area contributed by atoms with Gasteiger partial charge in [-0.3, -0.25) is 9.59 Å². The molecule has 0 unspecified atom stereocenters. The molecule has 3 aromatic carbocycles. The van der Waals surface area contributed by atoms with Crippen LogP contribution in [0.15, 0.2) is 77.8 Å². The normalized spacial score (nSPS) is 15.2. The first-order valence-electron chi connectivity index (χ1n) is 9.96. The number of thioether (sulfide) groups is 1.